The fraction of sp³-hybridized carbons (Fsp3) is 0.789. The fourth-order valence-electron chi connectivity index (χ4n) is 3.88. The van der Waals surface area contributed by atoms with Gasteiger partial charge >= 0.3 is 0 Å². The minimum atomic E-state index is 0.0573. The van der Waals surface area contributed by atoms with Gasteiger partial charge in [0.1, 0.15) is 6.10 Å². The van der Waals surface area contributed by atoms with Crippen LogP contribution in [0, 0.1) is 0 Å². The lowest BCUT2D eigenvalue weighted by atomic mass is 10.1. The summed E-state index contributed by atoms with van der Waals surface area (Å²) in [5, 5.41) is 7.76. The SMILES string of the molecule is CCNC(=NCC(CC)N1CCCC1)N1CCOC(c2cnn(C)c2)C1. The molecule has 1 aromatic rings. The Labute approximate surface area is 157 Å². The van der Waals surface area contributed by atoms with Gasteiger partial charge in [-0.25, -0.2) is 0 Å². The number of rotatable bonds is 6. The summed E-state index contributed by atoms with van der Waals surface area (Å²) in [7, 11) is 1.94. The molecule has 0 bridgehead atoms. The van der Waals surface area contributed by atoms with Gasteiger partial charge in [0.15, 0.2) is 5.96 Å². The summed E-state index contributed by atoms with van der Waals surface area (Å²) in [4.78, 5) is 9.94. The molecule has 26 heavy (non-hydrogen) atoms. The molecule has 0 saturated carbocycles. The molecule has 2 atom stereocenters. The van der Waals surface area contributed by atoms with Gasteiger partial charge < -0.3 is 15.0 Å². The topological polar surface area (TPSA) is 57.9 Å². The quantitative estimate of drug-likeness (QED) is 0.616. The lowest BCUT2D eigenvalue weighted by molar-refractivity contribution is -0.00808. The molecular weight excluding hydrogens is 328 g/mol. The van der Waals surface area contributed by atoms with Gasteiger partial charge in [-0.15, -0.1) is 0 Å². The van der Waals surface area contributed by atoms with Crippen molar-refractivity contribution in [2.75, 3.05) is 45.9 Å². The smallest absolute Gasteiger partial charge is 0.194 e. The summed E-state index contributed by atoms with van der Waals surface area (Å²) in [5.74, 6) is 1.02. The highest BCUT2D eigenvalue weighted by Gasteiger charge is 2.26. The molecular formula is C19H34N6O. The number of morpholine rings is 1. The van der Waals surface area contributed by atoms with Gasteiger partial charge in [-0.2, -0.15) is 5.10 Å². The van der Waals surface area contributed by atoms with E-state index < -0.39 is 0 Å². The average Bonchev–Trinajstić information content (AvgIpc) is 3.33. The number of hydrogen-bond acceptors (Lipinski definition) is 4. The van der Waals surface area contributed by atoms with Gasteiger partial charge in [0.25, 0.3) is 0 Å². The van der Waals surface area contributed by atoms with Crippen LogP contribution >= 0.6 is 0 Å². The predicted molar refractivity (Wildman–Crippen MR) is 104 cm³/mol. The molecule has 0 spiro atoms. The van der Waals surface area contributed by atoms with Crippen LogP contribution in [0.1, 0.15) is 44.8 Å². The van der Waals surface area contributed by atoms with Gasteiger partial charge in [0.2, 0.25) is 0 Å². The van der Waals surface area contributed by atoms with Crippen molar-refractivity contribution in [1.29, 1.82) is 0 Å². The van der Waals surface area contributed by atoms with E-state index in [-0.39, 0.29) is 6.10 Å². The first-order valence-corrected chi connectivity index (χ1v) is 10.1. The Hall–Kier alpha value is -1.60. The lowest BCUT2D eigenvalue weighted by Crippen LogP contribution is -2.48. The van der Waals surface area contributed by atoms with Crippen molar-refractivity contribution in [1.82, 2.24) is 24.9 Å². The molecule has 0 aliphatic carbocycles. The number of likely N-dealkylation sites (tertiary alicyclic amines) is 1. The number of hydrogen-bond donors (Lipinski definition) is 1. The average molecular weight is 363 g/mol. The highest BCUT2D eigenvalue weighted by atomic mass is 16.5. The summed E-state index contributed by atoms with van der Waals surface area (Å²) in [6.07, 6.45) is 7.82. The summed E-state index contributed by atoms with van der Waals surface area (Å²) in [5.41, 5.74) is 1.14. The number of nitrogens with zero attached hydrogens (tertiary/aromatic N) is 5. The molecule has 7 heteroatoms. The van der Waals surface area contributed by atoms with Crippen molar-refractivity contribution in [2.45, 2.75) is 45.3 Å². The number of aliphatic imine (C=N–C) groups is 1. The molecule has 2 aliphatic rings. The summed E-state index contributed by atoms with van der Waals surface area (Å²) in [6.45, 7) is 11.0. The van der Waals surface area contributed by atoms with Gasteiger partial charge in [-0.05, 0) is 39.3 Å². The zero-order chi connectivity index (χ0) is 18.4. The van der Waals surface area contributed by atoms with Crippen LogP contribution in [0.3, 0.4) is 0 Å². The molecule has 146 valence electrons. The molecule has 7 nitrogen and oxygen atoms in total. The van der Waals surface area contributed by atoms with E-state index in [0.717, 1.165) is 44.1 Å². The maximum atomic E-state index is 5.98. The number of ether oxygens (including phenoxy) is 1. The Kier molecular flexibility index (Phi) is 6.91. The van der Waals surface area contributed by atoms with E-state index in [0.29, 0.717) is 12.6 Å². The standard InChI is InChI=1S/C19H34N6O/c1-4-17(24-8-6-7-9-24)13-21-19(20-5-2)25-10-11-26-18(15-25)16-12-22-23(3)14-16/h12,14,17-18H,4-11,13,15H2,1-3H3,(H,20,21). The third-order valence-corrected chi connectivity index (χ3v) is 5.38. The minimum Gasteiger partial charge on any atom is -0.370 e. The molecule has 2 unspecified atom stereocenters. The highest BCUT2D eigenvalue weighted by Crippen LogP contribution is 2.22. The zero-order valence-electron chi connectivity index (χ0n) is 16.5. The Balaban J connectivity index is 1.65. The van der Waals surface area contributed by atoms with Crippen molar-refractivity contribution >= 4 is 5.96 Å². The van der Waals surface area contributed by atoms with Gasteiger partial charge in [-0.3, -0.25) is 14.6 Å². The Bertz CT molecular complexity index is 580. The molecule has 0 amide bonds. The molecule has 2 aliphatic heterocycles. The molecule has 3 rings (SSSR count). The monoisotopic (exact) mass is 362 g/mol. The number of nitrogens with one attached hydrogen (secondary N) is 1. The summed E-state index contributed by atoms with van der Waals surface area (Å²) < 4.78 is 7.81. The van der Waals surface area contributed by atoms with Gasteiger partial charge in [0, 0.05) is 37.9 Å². The molecule has 2 saturated heterocycles. The first-order chi connectivity index (χ1) is 12.7. The lowest BCUT2D eigenvalue weighted by Gasteiger charge is -2.35. The van der Waals surface area contributed by atoms with Crippen LogP contribution in [0.25, 0.3) is 0 Å². The van der Waals surface area contributed by atoms with Crippen molar-refractivity contribution in [3.05, 3.63) is 18.0 Å². The van der Waals surface area contributed by atoms with Crippen LogP contribution in [0.4, 0.5) is 0 Å². The molecule has 2 fully saturated rings. The minimum absolute atomic E-state index is 0.0573. The molecule has 0 radical (unpaired) electrons. The first kappa shape index (κ1) is 19.2. The first-order valence-electron chi connectivity index (χ1n) is 10.1. The van der Waals surface area contributed by atoms with Crippen LogP contribution in [-0.4, -0.2) is 77.5 Å². The maximum absolute atomic E-state index is 5.98. The Morgan fingerprint density at radius 1 is 1.35 bits per heavy atom. The number of guanidine groups is 1. The van der Waals surface area contributed by atoms with Crippen molar-refractivity contribution in [2.24, 2.45) is 12.0 Å². The van der Waals surface area contributed by atoms with Crippen LogP contribution in [-0.2, 0) is 11.8 Å². The molecule has 1 N–H and O–H groups in total. The van der Waals surface area contributed by atoms with Gasteiger partial charge in [0.05, 0.1) is 25.9 Å². The van der Waals surface area contributed by atoms with Crippen molar-refractivity contribution < 1.29 is 4.74 Å². The molecule has 3 heterocycles. The van der Waals surface area contributed by atoms with Crippen LogP contribution in [0.5, 0.6) is 0 Å². The van der Waals surface area contributed by atoms with E-state index in [9.17, 15) is 0 Å². The number of aryl methyl sites for hydroxylation is 1. The number of aromatic nitrogens is 2. The van der Waals surface area contributed by atoms with Crippen molar-refractivity contribution in [3.8, 4) is 0 Å². The normalized spacial score (nSPS) is 23.4. The second-order valence-corrected chi connectivity index (χ2v) is 7.25. The largest absolute Gasteiger partial charge is 0.370 e. The highest BCUT2D eigenvalue weighted by molar-refractivity contribution is 5.80. The fourth-order valence-corrected chi connectivity index (χ4v) is 3.88. The third-order valence-electron chi connectivity index (χ3n) is 5.38. The Morgan fingerprint density at radius 2 is 2.15 bits per heavy atom. The second kappa shape index (κ2) is 9.37. The van der Waals surface area contributed by atoms with Crippen molar-refractivity contribution in [3.63, 3.8) is 0 Å². The predicted octanol–water partition coefficient (Wildman–Crippen LogP) is 1.63. The third kappa shape index (κ3) is 4.76. The van der Waals surface area contributed by atoms with Crippen LogP contribution in [0.15, 0.2) is 17.4 Å². The maximum Gasteiger partial charge on any atom is 0.194 e. The van der Waals surface area contributed by atoms with E-state index in [4.69, 9.17) is 9.73 Å². The van der Waals surface area contributed by atoms with E-state index in [1.807, 2.05) is 24.1 Å². The summed E-state index contributed by atoms with van der Waals surface area (Å²) >= 11 is 0. The molecule has 0 aromatic carbocycles. The zero-order valence-corrected chi connectivity index (χ0v) is 16.5. The summed E-state index contributed by atoms with van der Waals surface area (Å²) in [6, 6.07) is 0.557. The Morgan fingerprint density at radius 3 is 2.81 bits per heavy atom. The van der Waals surface area contributed by atoms with Crippen LogP contribution in [0.2, 0.25) is 0 Å². The van der Waals surface area contributed by atoms with E-state index in [1.165, 1.54) is 25.9 Å². The molecule has 1 aromatic heterocycles. The van der Waals surface area contributed by atoms with Gasteiger partial charge in [-0.1, -0.05) is 6.92 Å². The van der Waals surface area contributed by atoms with Crippen LogP contribution < -0.4 is 5.32 Å². The second-order valence-electron chi connectivity index (χ2n) is 7.25. The van der Waals surface area contributed by atoms with E-state index in [2.05, 4.69) is 34.1 Å². The van der Waals surface area contributed by atoms with E-state index >= 15 is 0 Å². The van der Waals surface area contributed by atoms with E-state index in [1.54, 1.807) is 0 Å².